The standard InChI is InChI=1S/C17H17/c1-13-5-4-6-14(11-13)12-16-10-9-15-7-2-3-8-17(15)16/h2-8,11,16H,1,9-10,12H2. The molecule has 3 rings (SSSR count). The summed E-state index contributed by atoms with van der Waals surface area (Å²) in [4.78, 5) is 0. The van der Waals surface area contributed by atoms with Crippen molar-refractivity contribution in [3.05, 3.63) is 77.7 Å². The largest absolute Gasteiger partial charge is 0.0620 e. The molecule has 1 aliphatic rings. The van der Waals surface area contributed by atoms with Crippen LogP contribution in [0.5, 0.6) is 0 Å². The van der Waals surface area contributed by atoms with Crippen molar-refractivity contribution in [2.45, 2.75) is 25.2 Å². The van der Waals surface area contributed by atoms with Crippen LogP contribution in [0.15, 0.2) is 48.5 Å². The van der Waals surface area contributed by atoms with E-state index >= 15 is 0 Å². The lowest BCUT2D eigenvalue weighted by Gasteiger charge is -2.12. The number of rotatable bonds is 2. The molecule has 2 aromatic rings. The summed E-state index contributed by atoms with van der Waals surface area (Å²) in [6.07, 6.45) is 3.69. The molecule has 0 fully saturated rings. The van der Waals surface area contributed by atoms with Crippen molar-refractivity contribution in [3.8, 4) is 0 Å². The minimum atomic E-state index is 0.702. The second-order valence-corrected chi connectivity index (χ2v) is 4.96. The lowest BCUT2D eigenvalue weighted by Crippen LogP contribution is -1.98. The van der Waals surface area contributed by atoms with E-state index in [2.05, 4.69) is 55.5 Å². The van der Waals surface area contributed by atoms with Gasteiger partial charge in [-0.25, -0.2) is 0 Å². The molecule has 0 saturated heterocycles. The molecular weight excluding hydrogens is 204 g/mol. The lowest BCUT2D eigenvalue weighted by molar-refractivity contribution is 0.674. The van der Waals surface area contributed by atoms with E-state index in [4.69, 9.17) is 0 Å². The third-order valence-electron chi connectivity index (χ3n) is 3.73. The highest BCUT2D eigenvalue weighted by molar-refractivity contribution is 5.37. The van der Waals surface area contributed by atoms with E-state index in [-0.39, 0.29) is 0 Å². The molecule has 1 unspecified atom stereocenters. The van der Waals surface area contributed by atoms with Crippen molar-refractivity contribution >= 4 is 0 Å². The van der Waals surface area contributed by atoms with E-state index < -0.39 is 0 Å². The van der Waals surface area contributed by atoms with E-state index in [1.165, 1.54) is 18.4 Å². The van der Waals surface area contributed by atoms with Crippen LogP contribution < -0.4 is 0 Å². The van der Waals surface area contributed by atoms with Crippen LogP contribution in [0.4, 0.5) is 0 Å². The van der Waals surface area contributed by atoms with Crippen molar-refractivity contribution in [2.24, 2.45) is 0 Å². The lowest BCUT2D eigenvalue weighted by atomic mass is 9.93. The molecule has 1 atom stereocenters. The van der Waals surface area contributed by atoms with E-state index in [1.807, 2.05) is 0 Å². The zero-order chi connectivity index (χ0) is 11.7. The predicted octanol–water partition coefficient (Wildman–Crippen LogP) is 4.14. The van der Waals surface area contributed by atoms with Gasteiger partial charge < -0.3 is 0 Å². The summed E-state index contributed by atoms with van der Waals surface area (Å²) in [7, 11) is 0. The molecule has 0 heteroatoms. The van der Waals surface area contributed by atoms with Gasteiger partial charge in [-0.2, -0.15) is 0 Å². The topological polar surface area (TPSA) is 0 Å². The molecule has 0 heterocycles. The fourth-order valence-electron chi connectivity index (χ4n) is 2.90. The van der Waals surface area contributed by atoms with Crippen molar-refractivity contribution in [2.75, 3.05) is 0 Å². The van der Waals surface area contributed by atoms with E-state index in [1.54, 1.807) is 11.1 Å². The third-order valence-corrected chi connectivity index (χ3v) is 3.73. The minimum Gasteiger partial charge on any atom is -0.0620 e. The Kier molecular flexibility index (Phi) is 2.72. The normalized spacial score (nSPS) is 18.1. The molecule has 17 heavy (non-hydrogen) atoms. The third kappa shape index (κ3) is 2.12. The molecule has 0 amide bonds. The van der Waals surface area contributed by atoms with Gasteiger partial charge in [-0.15, -0.1) is 0 Å². The second kappa shape index (κ2) is 4.37. The molecule has 0 bridgehead atoms. The van der Waals surface area contributed by atoms with Crippen molar-refractivity contribution in [1.82, 2.24) is 0 Å². The van der Waals surface area contributed by atoms with Crippen LogP contribution >= 0.6 is 0 Å². The number of benzene rings is 2. The quantitative estimate of drug-likeness (QED) is 0.715. The van der Waals surface area contributed by atoms with Gasteiger partial charge >= 0.3 is 0 Å². The van der Waals surface area contributed by atoms with Crippen molar-refractivity contribution in [1.29, 1.82) is 0 Å². The van der Waals surface area contributed by atoms with Crippen molar-refractivity contribution in [3.63, 3.8) is 0 Å². The molecule has 85 valence electrons. The Bertz CT molecular complexity index is 525. The molecule has 0 aromatic heterocycles. The Morgan fingerprint density at radius 1 is 1.06 bits per heavy atom. The van der Waals surface area contributed by atoms with E-state index in [0.29, 0.717) is 5.92 Å². The van der Waals surface area contributed by atoms with Crippen LogP contribution in [-0.4, -0.2) is 0 Å². The minimum absolute atomic E-state index is 0.702. The summed E-state index contributed by atoms with van der Waals surface area (Å²) < 4.78 is 0. The summed E-state index contributed by atoms with van der Waals surface area (Å²) in [5.74, 6) is 0.702. The van der Waals surface area contributed by atoms with E-state index in [0.717, 1.165) is 12.0 Å². The Morgan fingerprint density at radius 2 is 1.94 bits per heavy atom. The molecule has 0 N–H and O–H groups in total. The van der Waals surface area contributed by atoms with Gasteiger partial charge in [0.1, 0.15) is 0 Å². The SMILES string of the molecule is [CH2]c1cccc(CC2CCc3ccccc32)c1. The molecular formula is C17H17. The highest BCUT2D eigenvalue weighted by atomic mass is 14.3. The van der Waals surface area contributed by atoms with Gasteiger partial charge in [-0.3, -0.25) is 0 Å². The number of fused-ring (bicyclic) bond motifs is 1. The Balaban J connectivity index is 1.84. The summed E-state index contributed by atoms with van der Waals surface area (Å²) in [6, 6.07) is 17.5. The van der Waals surface area contributed by atoms with Crippen LogP contribution in [0.1, 0.15) is 34.6 Å². The van der Waals surface area contributed by atoms with Crippen LogP contribution in [0.3, 0.4) is 0 Å². The maximum Gasteiger partial charge on any atom is -0.0116 e. The van der Waals surface area contributed by atoms with Crippen molar-refractivity contribution < 1.29 is 0 Å². The van der Waals surface area contributed by atoms with Gasteiger partial charge in [0.25, 0.3) is 0 Å². The van der Waals surface area contributed by atoms with Gasteiger partial charge in [0.05, 0.1) is 0 Å². The first-order valence-corrected chi connectivity index (χ1v) is 6.31. The summed E-state index contributed by atoms with van der Waals surface area (Å²) in [5, 5.41) is 0. The molecule has 1 radical (unpaired) electrons. The van der Waals surface area contributed by atoms with Gasteiger partial charge in [0, 0.05) is 0 Å². The summed E-state index contributed by atoms with van der Waals surface area (Å²) in [5.41, 5.74) is 5.64. The monoisotopic (exact) mass is 221 g/mol. The van der Waals surface area contributed by atoms with Gasteiger partial charge in [-0.1, -0.05) is 48.5 Å². The second-order valence-electron chi connectivity index (χ2n) is 4.96. The fourth-order valence-corrected chi connectivity index (χ4v) is 2.90. The Labute approximate surface area is 103 Å². The maximum atomic E-state index is 4.00. The average Bonchev–Trinajstić information content (AvgIpc) is 2.73. The van der Waals surface area contributed by atoms with Gasteiger partial charge in [0.2, 0.25) is 0 Å². The average molecular weight is 221 g/mol. The molecule has 0 saturated carbocycles. The zero-order valence-electron chi connectivity index (χ0n) is 10.0. The number of aryl methyl sites for hydroxylation is 1. The molecule has 2 aromatic carbocycles. The smallest absolute Gasteiger partial charge is 0.0116 e. The Morgan fingerprint density at radius 3 is 2.82 bits per heavy atom. The highest BCUT2D eigenvalue weighted by Crippen LogP contribution is 2.35. The molecule has 1 aliphatic carbocycles. The zero-order valence-corrected chi connectivity index (χ0v) is 10.0. The van der Waals surface area contributed by atoms with Gasteiger partial charge in [0.15, 0.2) is 0 Å². The molecule has 0 aliphatic heterocycles. The summed E-state index contributed by atoms with van der Waals surface area (Å²) in [6.45, 7) is 4.00. The molecule has 0 nitrogen and oxygen atoms in total. The first-order chi connectivity index (χ1) is 8.33. The van der Waals surface area contributed by atoms with Crippen LogP contribution in [-0.2, 0) is 12.8 Å². The fraction of sp³-hybridized carbons (Fsp3) is 0.235. The van der Waals surface area contributed by atoms with Crippen LogP contribution in [0, 0.1) is 6.92 Å². The van der Waals surface area contributed by atoms with Gasteiger partial charge in [-0.05, 0) is 54.4 Å². The Hall–Kier alpha value is -1.56. The first kappa shape index (κ1) is 10.6. The van der Waals surface area contributed by atoms with E-state index in [9.17, 15) is 0 Å². The number of hydrogen-bond donors (Lipinski definition) is 0. The van der Waals surface area contributed by atoms with Crippen LogP contribution in [0.2, 0.25) is 0 Å². The first-order valence-electron chi connectivity index (χ1n) is 6.31. The highest BCUT2D eigenvalue weighted by Gasteiger charge is 2.21. The van der Waals surface area contributed by atoms with Crippen LogP contribution in [0.25, 0.3) is 0 Å². The molecule has 0 spiro atoms. The maximum absolute atomic E-state index is 4.00. The summed E-state index contributed by atoms with van der Waals surface area (Å²) >= 11 is 0. The number of hydrogen-bond acceptors (Lipinski definition) is 0. The predicted molar refractivity (Wildman–Crippen MR) is 72.1 cm³/mol.